The van der Waals surface area contributed by atoms with Gasteiger partial charge in [0.2, 0.25) is 5.91 Å². The Morgan fingerprint density at radius 2 is 1.58 bits per heavy atom. The molecule has 0 fully saturated rings. The molecule has 0 aromatic heterocycles. The molecule has 26 heavy (non-hydrogen) atoms. The molecular weight excluding hydrogens is 352 g/mol. The molecule has 0 rings (SSSR count). The van der Waals surface area contributed by atoms with Crippen LogP contribution in [0.3, 0.4) is 0 Å². The zero-order chi connectivity index (χ0) is 20.9. The minimum Gasteiger partial charge on any atom is -0.444 e. The Morgan fingerprint density at radius 1 is 1.08 bits per heavy atom. The van der Waals surface area contributed by atoms with Crippen LogP contribution in [-0.2, 0) is 14.0 Å². The monoisotopic (exact) mass is 390 g/mol. The summed E-state index contributed by atoms with van der Waals surface area (Å²) in [7, 11) is -2.14. The van der Waals surface area contributed by atoms with Crippen LogP contribution in [0.1, 0.15) is 55.4 Å². The zero-order valence-electron chi connectivity index (χ0n) is 18.0. The Kier molecular flexibility index (Phi) is 8.79. The van der Waals surface area contributed by atoms with Crippen molar-refractivity contribution in [3.63, 3.8) is 0 Å². The second kappa shape index (κ2) is 9.19. The molecule has 0 spiro atoms. The van der Waals surface area contributed by atoms with Crippen molar-refractivity contribution >= 4 is 20.3 Å². The Labute approximate surface area is 159 Å². The van der Waals surface area contributed by atoms with E-state index in [1.165, 1.54) is 0 Å². The van der Waals surface area contributed by atoms with Crippen molar-refractivity contribution in [1.82, 2.24) is 10.6 Å². The maximum Gasteiger partial charge on any atom is 0.408 e. The van der Waals surface area contributed by atoms with Gasteiger partial charge in [-0.15, -0.1) is 0 Å². The van der Waals surface area contributed by atoms with Crippen molar-refractivity contribution in [2.24, 2.45) is 0 Å². The quantitative estimate of drug-likeness (QED) is 0.581. The van der Waals surface area contributed by atoms with Crippen molar-refractivity contribution in [1.29, 1.82) is 0 Å². The lowest BCUT2D eigenvalue weighted by Gasteiger charge is -2.40. The van der Waals surface area contributed by atoms with E-state index in [9.17, 15) is 14.7 Å². The number of aliphatic hydroxyl groups is 1. The van der Waals surface area contributed by atoms with Gasteiger partial charge < -0.3 is 24.9 Å². The lowest BCUT2D eigenvalue weighted by molar-refractivity contribution is -0.125. The number of carbonyl (C=O) groups is 2. The highest BCUT2D eigenvalue weighted by molar-refractivity contribution is 6.74. The van der Waals surface area contributed by atoms with E-state index in [1.54, 1.807) is 34.6 Å². The lowest BCUT2D eigenvalue weighted by atomic mass is 10.1. The number of alkyl carbamates (subject to hydrolysis) is 1. The Balaban J connectivity index is 5.30. The third kappa shape index (κ3) is 9.00. The average Bonchev–Trinajstić information content (AvgIpc) is 2.38. The molecule has 0 radical (unpaired) electrons. The fourth-order valence-electron chi connectivity index (χ4n) is 1.90. The van der Waals surface area contributed by atoms with Crippen LogP contribution in [-0.4, -0.2) is 55.8 Å². The summed E-state index contributed by atoms with van der Waals surface area (Å²) in [5.74, 6) is -0.414. The largest absolute Gasteiger partial charge is 0.444 e. The first-order valence-electron chi connectivity index (χ1n) is 9.09. The first kappa shape index (κ1) is 24.9. The number of rotatable bonds is 7. The van der Waals surface area contributed by atoms with Gasteiger partial charge in [0.05, 0.1) is 12.2 Å². The zero-order valence-corrected chi connectivity index (χ0v) is 19.0. The number of ether oxygens (including phenoxy) is 1. The van der Waals surface area contributed by atoms with Crippen LogP contribution in [0.2, 0.25) is 18.1 Å². The molecular formula is C18H38N2O5Si. The number of aliphatic hydroxyl groups excluding tert-OH is 1. The van der Waals surface area contributed by atoms with Gasteiger partial charge in [0, 0.05) is 6.54 Å². The topological polar surface area (TPSA) is 96.9 Å². The summed E-state index contributed by atoms with van der Waals surface area (Å²) in [4.78, 5) is 24.7. The summed E-state index contributed by atoms with van der Waals surface area (Å²) in [6.45, 7) is 19.2. The molecule has 2 amide bonds. The van der Waals surface area contributed by atoms with Gasteiger partial charge in [0.15, 0.2) is 8.32 Å². The first-order chi connectivity index (χ1) is 11.5. The number of hydrogen-bond acceptors (Lipinski definition) is 5. The minimum absolute atomic E-state index is 0.0339. The molecule has 0 aliphatic rings. The molecule has 0 aromatic rings. The van der Waals surface area contributed by atoms with Crippen LogP contribution in [0, 0.1) is 0 Å². The standard InChI is InChI=1S/C18H38N2O5Si/c1-12(21)11-19-15(22)14(20-16(23)24-17(3,4)5)13(2)25-26(9,10)18(6,7)8/h12-14,21H,11H2,1-10H3,(H,19,22)(H,20,23)/t12-,13+,14-/m0/s1. The van der Waals surface area contributed by atoms with Crippen molar-refractivity contribution in [3.05, 3.63) is 0 Å². The van der Waals surface area contributed by atoms with Gasteiger partial charge in [-0.1, -0.05) is 20.8 Å². The third-order valence-electron chi connectivity index (χ3n) is 4.28. The van der Waals surface area contributed by atoms with Crippen LogP contribution in [0.25, 0.3) is 0 Å². The molecule has 0 saturated carbocycles. The Hall–Kier alpha value is -1.12. The van der Waals surface area contributed by atoms with Crippen molar-refractivity contribution in [2.75, 3.05) is 6.54 Å². The predicted octanol–water partition coefficient (Wildman–Crippen LogP) is 2.79. The van der Waals surface area contributed by atoms with Crippen LogP contribution in [0.4, 0.5) is 4.79 Å². The molecule has 0 bridgehead atoms. The molecule has 3 N–H and O–H groups in total. The Morgan fingerprint density at radius 3 is 1.96 bits per heavy atom. The smallest absolute Gasteiger partial charge is 0.408 e. The van der Waals surface area contributed by atoms with Crippen molar-refractivity contribution < 1.29 is 23.9 Å². The van der Waals surface area contributed by atoms with Gasteiger partial charge in [0.1, 0.15) is 11.6 Å². The van der Waals surface area contributed by atoms with Gasteiger partial charge in [-0.25, -0.2) is 4.79 Å². The summed E-state index contributed by atoms with van der Waals surface area (Å²) in [6.07, 6.45) is -1.91. The maximum atomic E-state index is 12.6. The van der Waals surface area contributed by atoms with Gasteiger partial charge in [-0.05, 0) is 52.8 Å². The molecule has 0 aliphatic carbocycles. The Bertz CT molecular complexity index is 481. The van der Waals surface area contributed by atoms with Gasteiger partial charge in [0.25, 0.3) is 0 Å². The van der Waals surface area contributed by atoms with E-state index in [2.05, 4.69) is 44.5 Å². The minimum atomic E-state index is -2.14. The molecule has 7 nitrogen and oxygen atoms in total. The molecule has 8 heteroatoms. The summed E-state index contributed by atoms with van der Waals surface area (Å²) in [6, 6.07) is -0.919. The number of carbonyl (C=O) groups excluding carboxylic acids is 2. The van der Waals surface area contributed by atoms with Crippen molar-refractivity contribution in [2.45, 2.75) is 97.4 Å². The fraction of sp³-hybridized carbons (Fsp3) is 0.889. The number of hydrogen-bond donors (Lipinski definition) is 3. The molecule has 0 aromatic carbocycles. The molecule has 3 atom stereocenters. The SMILES string of the molecule is C[C@H](O)CNC(=O)[C@@H](NC(=O)OC(C)(C)C)[C@@H](C)O[Si](C)(C)C(C)(C)C. The van der Waals surface area contributed by atoms with Gasteiger partial charge in [-0.3, -0.25) is 4.79 Å². The van der Waals surface area contributed by atoms with Gasteiger partial charge >= 0.3 is 6.09 Å². The number of amides is 2. The van der Waals surface area contributed by atoms with Crippen LogP contribution in [0.15, 0.2) is 0 Å². The fourth-order valence-corrected chi connectivity index (χ4v) is 3.32. The predicted molar refractivity (Wildman–Crippen MR) is 106 cm³/mol. The van der Waals surface area contributed by atoms with E-state index in [1.807, 2.05) is 0 Å². The molecule has 154 valence electrons. The van der Waals surface area contributed by atoms with Crippen LogP contribution < -0.4 is 10.6 Å². The van der Waals surface area contributed by atoms with E-state index in [0.29, 0.717) is 0 Å². The molecule has 0 aliphatic heterocycles. The van der Waals surface area contributed by atoms with E-state index >= 15 is 0 Å². The summed E-state index contributed by atoms with van der Waals surface area (Å²) in [5, 5.41) is 14.6. The van der Waals surface area contributed by atoms with Crippen molar-refractivity contribution in [3.8, 4) is 0 Å². The molecule has 0 saturated heterocycles. The first-order valence-corrected chi connectivity index (χ1v) is 12.0. The highest BCUT2D eigenvalue weighted by Gasteiger charge is 2.41. The lowest BCUT2D eigenvalue weighted by Crippen LogP contribution is -2.57. The van der Waals surface area contributed by atoms with E-state index in [0.717, 1.165) is 0 Å². The van der Waals surface area contributed by atoms with Crippen LogP contribution >= 0.6 is 0 Å². The number of nitrogens with one attached hydrogen (secondary N) is 2. The van der Waals surface area contributed by atoms with Gasteiger partial charge in [-0.2, -0.15) is 0 Å². The second-order valence-electron chi connectivity index (χ2n) is 9.30. The van der Waals surface area contributed by atoms with Crippen LogP contribution in [0.5, 0.6) is 0 Å². The van der Waals surface area contributed by atoms with E-state index in [-0.39, 0.29) is 11.6 Å². The second-order valence-corrected chi connectivity index (χ2v) is 14.1. The third-order valence-corrected chi connectivity index (χ3v) is 8.86. The highest BCUT2D eigenvalue weighted by atomic mass is 28.4. The molecule has 0 unspecified atom stereocenters. The maximum absolute atomic E-state index is 12.6. The van der Waals surface area contributed by atoms with E-state index in [4.69, 9.17) is 9.16 Å². The molecule has 0 heterocycles. The summed E-state index contributed by atoms with van der Waals surface area (Å²) < 4.78 is 11.5. The highest BCUT2D eigenvalue weighted by Crippen LogP contribution is 2.37. The van der Waals surface area contributed by atoms with E-state index < -0.39 is 44.2 Å². The normalized spacial score (nSPS) is 16.4. The summed E-state index contributed by atoms with van der Waals surface area (Å²) >= 11 is 0. The average molecular weight is 391 g/mol. The summed E-state index contributed by atoms with van der Waals surface area (Å²) in [5.41, 5.74) is -0.672.